The lowest BCUT2D eigenvalue weighted by atomic mass is 10.1. The highest BCUT2D eigenvalue weighted by molar-refractivity contribution is 5.89. The zero-order chi connectivity index (χ0) is 12.1. The Balaban J connectivity index is 1.70. The van der Waals surface area contributed by atoms with E-state index in [9.17, 15) is 4.79 Å². The van der Waals surface area contributed by atoms with Crippen LogP contribution in [0.3, 0.4) is 0 Å². The summed E-state index contributed by atoms with van der Waals surface area (Å²) in [6.07, 6.45) is 2.05. The summed E-state index contributed by atoms with van der Waals surface area (Å²) in [5, 5.41) is 16.9. The molecule has 1 amide bonds. The Morgan fingerprint density at radius 3 is 3.00 bits per heavy atom. The quantitative estimate of drug-likeness (QED) is 0.695. The molecule has 0 bridgehead atoms. The Bertz CT molecular complexity index is 373. The Morgan fingerprint density at radius 1 is 1.59 bits per heavy atom. The van der Waals surface area contributed by atoms with Gasteiger partial charge in [-0.05, 0) is 31.1 Å². The number of carbonyl (C=O) groups excluding carboxylic acids is 1. The van der Waals surface area contributed by atoms with Crippen LogP contribution in [0.25, 0.3) is 0 Å². The van der Waals surface area contributed by atoms with Gasteiger partial charge in [0.2, 0.25) is 0 Å². The van der Waals surface area contributed by atoms with Crippen LogP contribution in [0, 0.1) is 0 Å². The molecule has 8 nitrogen and oxygen atoms in total. The minimum atomic E-state index is -0.253. The molecule has 0 spiro atoms. The third kappa shape index (κ3) is 3.75. The zero-order valence-corrected chi connectivity index (χ0v) is 9.72. The highest BCUT2D eigenvalue weighted by Crippen LogP contribution is 2.06. The fourth-order valence-corrected chi connectivity index (χ4v) is 1.65. The summed E-state index contributed by atoms with van der Waals surface area (Å²) in [4.78, 5) is 12.8. The summed E-state index contributed by atoms with van der Waals surface area (Å²) in [6, 6.07) is 0. The monoisotopic (exact) mass is 240 g/mol. The van der Waals surface area contributed by atoms with Crippen LogP contribution < -0.4 is 10.6 Å². The van der Waals surface area contributed by atoms with Gasteiger partial charge in [0.25, 0.3) is 11.9 Å². The van der Waals surface area contributed by atoms with Crippen molar-refractivity contribution >= 4 is 11.9 Å². The smallest absolute Gasteiger partial charge is 0.270 e. The van der Waals surface area contributed by atoms with Gasteiger partial charge in [-0.1, -0.05) is 5.10 Å². The van der Waals surface area contributed by atoms with E-state index < -0.39 is 0 Å². The van der Waals surface area contributed by atoms with Crippen molar-refractivity contribution in [1.82, 2.24) is 25.5 Å². The van der Waals surface area contributed by atoms with E-state index >= 15 is 0 Å². The number of tetrazole rings is 1. The van der Waals surface area contributed by atoms with Gasteiger partial charge in [-0.15, -0.1) is 5.10 Å². The second kappa shape index (κ2) is 5.69. The number of ether oxygens (including phenoxy) is 1. The minimum Gasteiger partial charge on any atom is -0.368 e. The van der Waals surface area contributed by atoms with Crippen molar-refractivity contribution in [2.75, 3.05) is 25.0 Å². The normalized spacial score (nSPS) is 17.0. The number of amides is 1. The number of aryl methyl sites for hydroxylation is 1. The molecule has 0 radical (unpaired) electrons. The zero-order valence-electron chi connectivity index (χ0n) is 9.72. The van der Waals surface area contributed by atoms with Crippen molar-refractivity contribution in [3.8, 4) is 0 Å². The molecule has 1 fully saturated rings. The number of nitrogens with zero attached hydrogens (tertiary/aromatic N) is 4. The highest BCUT2D eigenvalue weighted by atomic mass is 16.5. The van der Waals surface area contributed by atoms with Crippen LogP contribution >= 0.6 is 0 Å². The van der Waals surface area contributed by atoms with Crippen molar-refractivity contribution in [2.45, 2.75) is 18.9 Å². The molecule has 0 atom stereocenters. The third-order valence-electron chi connectivity index (χ3n) is 2.50. The molecule has 1 aromatic rings. The number of carbonyl (C=O) groups is 1. The first-order chi connectivity index (χ1) is 8.24. The standard InChI is InChI=1S/C9H16N6O2/c1-15-13-9(12-14-15)11-8(16)6-17-7-2-4-10-5-3-7/h7,10H,2-6H2,1H3,(H,11,13,16). The first-order valence-corrected chi connectivity index (χ1v) is 5.60. The fourth-order valence-electron chi connectivity index (χ4n) is 1.65. The molecular formula is C9H16N6O2. The highest BCUT2D eigenvalue weighted by Gasteiger charge is 2.15. The summed E-state index contributed by atoms with van der Waals surface area (Å²) in [5.74, 6) is -0.0528. The Morgan fingerprint density at radius 2 is 2.35 bits per heavy atom. The van der Waals surface area contributed by atoms with Gasteiger partial charge in [0.1, 0.15) is 6.61 Å². The molecule has 1 aromatic heterocycles. The molecule has 0 aliphatic carbocycles. The average Bonchev–Trinajstić information content (AvgIpc) is 2.73. The molecule has 0 aromatic carbocycles. The van der Waals surface area contributed by atoms with Crippen LogP contribution in [-0.4, -0.2) is 51.9 Å². The molecule has 8 heteroatoms. The van der Waals surface area contributed by atoms with Gasteiger partial charge in [0.05, 0.1) is 13.2 Å². The van der Waals surface area contributed by atoms with Gasteiger partial charge in [-0.25, -0.2) is 0 Å². The maximum atomic E-state index is 11.5. The number of piperidine rings is 1. The molecule has 1 saturated heterocycles. The Hall–Kier alpha value is -1.54. The number of nitrogens with one attached hydrogen (secondary N) is 2. The summed E-state index contributed by atoms with van der Waals surface area (Å²) in [5.41, 5.74) is 0. The van der Waals surface area contributed by atoms with Crippen molar-refractivity contribution < 1.29 is 9.53 Å². The van der Waals surface area contributed by atoms with Crippen molar-refractivity contribution in [1.29, 1.82) is 0 Å². The van der Waals surface area contributed by atoms with E-state index in [1.165, 1.54) is 4.80 Å². The molecule has 94 valence electrons. The molecule has 1 aliphatic rings. The molecule has 2 N–H and O–H groups in total. The molecule has 17 heavy (non-hydrogen) atoms. The average molecular weight is 240 g/mol. The van der Waals surface area contributed by atoms with Crippen LogP contribution in [0.5, 0.6) is 0 Å². The predicted molar refractivity (Wildman–Crippen MR) is 59.3 cm³/mol. The first-order valence-electron chi connectivity index (χ1n) is 5.60. The van der Waals surface area contributed by atoms with Gasteiger partial charge < -0.3 is 10.1 Å². The second-order valence-electron chi connectivity index (χ2n) is 3.91. The van der Waals surface area contributed by atoms with Crippen LogP contribution in [-0.2, 0) is 16.6 Å². The third-order valence-corrected chi connectivity index (χ3v) is 2.50. The van der Waals surface area contributed by atoms with Gasteiger partial charge in [0.15, 0.2) is 0 Å². The summed E-state index contributed by atoms with van der Waals surface area (Å²) < 4.78 is 5.49. The van der Waals surface area contributed by atoms with Gasteiger partial charge >= 0.3 is 0 Å². The fraction of sp³-hybridized carbons (Fsp3) is 0.778. The number of rotatable bonds is 4. The molecule has 2 heterocycles. The van der Waals surface area contributed by atoms with Crippen LogP contribution in [0.4, 0.5) is 5.95 Å². The van der Waals surface area contributed by atoms with E-state index in [4.69, 9.17) is 4.74 Å². The van der Waals surface area contributed by atoms with Crippen molar-refractivity contribution in [3.05, 3.63) is 0 Å². The van der Waals surface area contributed by atoms with Crippen LogP contribution in [0.1, 0.15) is 12.8 Å². The van der Waals surface area contributed by atoms with E-state index in [2.05, 4.69) is 26.0 Å². The van der Waals surface area contributed by atoms with Crippen molar-refractivity contribution in [2.24, 2.45) is 7.05 Å². The van der Waals surface area contributed by atoms with E-state index in [1.807, 2.05) is 0 Å². The largest absolute Gasteiger partial charge is 0.368 e. The number of anilines is 1. The SMILES string of the molecule is Cn1nnc(NC(=O)COC2CCNCC2)n1. The lowest BCUT2D eigenvalue weighted by molar-refractivity contribution is -0.123. The van der Waals surface area contributed by atoms with Gasteiger partial charge in [-0.2, -0.15) is 4.80 Å². The first kappa shape index (κ1) is 11.9. The van der Waals surface area contributed by atoms with Gasteiger partial charge in [-0.3, -0.25) is 10.1 Å². The number of aromatic nitrogens is 4. The lowest BCUT2D eigenvalue weighted by Gasteiger charge is -2.22. The topological polar surface area (TPSA) is 94.0 Å². The van der Waals surface area contributed by atoms with E-state index in [-0.39, 0.29) is 24.6 Å². The Labute approximate surface area is 98.7 Å². The maximum absolute atomic E-state index is 11.5. The van der Waals surface area contributed by atoms with Gasteiger partial charge in [0, 0.05) is 0 Å². The summed E-state index contributed by atoms with van der Waals surface area (Å²) in [6.45, 7) is 1.92. The second-order valence-corrected chi connectivity index (χ2v) is 3.91. The lowest BCUT2D eigenvalue weighted by Crippen LogP contribution is -2.34. The molecule has 1 aliphatic heterocycles. The minimum absolute atomic E-state index is 0.0307. The van der Waals surface area contributed by atoms with Crippen LogP contribution in [0.15, 0.2) is 0 Å². The predicted octanol–water partition coefficient (Wildman–Crippen LogP) is -1.08. The molecule has 0 unspecified atom stereocenters. The molecule has 0 saturated carbocycles. The summed E-state index contributed by atoms with van der Waals surface area (Å²) >= 11 is 0. The Kier molecular flexibility index (Phi) is 3.99. The van der Waals surface area contributed by atoms with Crippen LogP contribution in [0.2, 0.25) is 0 Å². The number of hydrogen-bond acceptors (Lipinski definition) is 6. The maximum Gasteiger partial charge on any atom is 0.270 e. The number of hydrogen-bond donors (Lipinski definition) is 2. The molecular weight excluding hydrogens is 224 g/mol. The van der Waals surface area contributed by atoms with Crippen molar-refractivity contribution in [3.63, 3.8) is 0 Å². The van der Waals surface area contributed by atoms with E-state index in [0.717, 1.165) is 25.9 Å². The van der Waals surface area contributed by atoms with E-state index in [0.29, 0.717) is 0 Å². The summed E-state index contributed by atoms with van der Waals surface area (Å²) in [7, 11) is 1.63. The van der Waals surface area contributed by atoms with E-state index in [1.54, 1.807) is 7.05 Å². The molecule has 2 rings (SSSR count).